The lowest BCUT2D eigenvalue weighted by Crippen LogP contribution is -2.32. The zero-order valence-corrected chi connectivity index (χ0v) is 10.9. The number of nitrogens with one attached hydrogen (secondary N) is 1. The Balaban J connectivity index is 2.55. The molecule has 1 unspecified atom stereocenters. The summed E-state index contributed by atoms with van der Waals surface area (Å²) in [5, 5.41) is 11.6. The summed E-state index contributed by atoms with van der Waals surface area (Å²) < 4.78 is 0. The van der Waals surface area contributed by atoms with Crippen LogP contribution in [0.2, 0.25) is 0 Å². The van der Waals surface area contributed by atoms with Gasteiger partial charge in [0.05, 0.1) is 5.56 Å². The van der Waals surface area contributed by atoms with Crippen LogP contribution in [0, 0.1) is 13.8 Å². The van der Waals surface area contributed by atoms with Gasteiger partial charge in [-0.3, -0.25) is 4.79 Å². The molecule has 1 aromatic rings. The molecule has 90 valence electrons. The average Bonchev–Trinajstić information content (AvgIpc) is 2.54. The number of aliphatic hydroxyl groups is 1. The summed E-state index contributed by atoms with van der Waals surface area (Å²) in [6.45, 7) is 6.10. The first kappa shape index (κ1) is 13.2. The largest absolute Gasteiger partial charge is 0.396 e. The minimum atomic E-state index is -0.00714. The van der Waals surface area contributed by atoms with Gasteiger partial charge in [-0.1, -0.05) is 0 Å². The van der Waals surface area contributed by atoms with Gasteiger partial charge in [-0.2, -0.15) is 0 Å². The summed E-state index contributed by atoms with van der Waals surface area (Å²) in [5.74, 6) is -0.00714. The molecule has 0 fully saturated rings. The minimum absolute atomic E-state index is 0.00714. The lowest BCUT2D eigenvalue weighted by atomic mass is 10.1. The normalized spacial score (nSPS) is 12.5. The van der Waals surface area contributed by atoms with Crippen molar-refractivity contribution in [1.82, 2.24) is 5.32 Å². The van der Waals surface area contributed by atoms with Gasteiger partial charge in [0.15, 0.2) is 0 Å². The Morgan fingerprint density at radius 3 is 2.75 bits per heavy atom. The first-order chi connectivity index (χ1) is 7.54. The van der Waals surface area contributed by atoms with Crippen LogP contribution in [0.5, 0.6) is 0 Å². The monoisotopic (exact) mass is 241 g/mol. The van der Waals surface area contributed by atoms with Gasteiger partial charge in [-0.05, 0) is 39.7 Å². The van der Waals surface area contributed by atoms with Crippen LogP contribution in [-0.2, 0) is 0 Å². The SMILES string of the molecule is Cc1cc(C(=O)NC(C)CCCO)c(C)s1. The van der Waals surface area contributed by atoms with Crippen molar-refractivity contribution in [2.75, 3.05) is 6.61 Å². The molecule has 3 nitrogen and oxygen atoms in total. The Kier molecular flexibility index (Phi) is 4.96. The van der Waals surface area contributed by atoms with E-state index in [4.69, 9.17) is 5.11 Å². The van der Waals surface area contributed by atoms with Crippen molar-refractivity contribution in [2.24, 2.45) is 0 Å². The number of hydrogen-bond donors (Lipinski definition) is 2. The van der Waals surface area contributed by atoms with Gasteiger partial charge in [0.25, 0.3) is 5.91 Å². The number of amides is 1. The molecule has 1 rings (SSSR count). The third-order valence-corrected chi connectivity index (χ3v) is 3.42. The van der Waals surface area contributed by atoms with Gasteiger partial charge in [-0.15, -0.1) is 11.3 Å². The van der Waals surface area contributed by atoms with E-state index in [1.165, 1.54) is 0 Å². The molecule has 2 N–H and O–H groups in total. The third-order valence-electron chi connectivity index (χ3n) is 2.46. The van der Waals surface area contributed by atoms with Crippen molar-refractivity contribution in [3.8, 4) is 0 Å². The zero-order valence-electron chi connectivity index (χ0n) is 10.0. The second-order valence-electron chi connectivity index (χ2n) is 4.07. The number of aliphatic hydroxyl groups excluding tert-OH is 1. The number of aryl methyl sites for hydroxylation is 2. The summed E-state index contributed by atoms with van der Waals surface area (Å²) in [6, 6.07) is 2.04. The van der Waals surface area contributed by atoms with E-state index in [9.17, 15) is 4.79 Å². The van der Waals surface area contributed by atoms with Crippen molar-refractivity contribution < 1.29 is 9.90 Å². The summed E-state index contributed by atoms with van der Waals surface area (Å²) in [5.41, 5.74) is 0.776. The van der Waals surface area contributed by atoms with Crippen LogP contribution in [0.15, 0.2) is 6.07 Å². The maximum Gasteiger partial charge on any atom is 0.252 e. The number of carbonyl (C=O) groups excluding carboxylic acids is 1. The molecule has 0 saturated heterocycles. The second-order valence-corrected chi connectivity index (χ2v) is 5.53. The molecule has 0 aliphatic carbocycles. The quantitative estimate of drug-likeness (QED) is 0.830. The number of hydrogen-bond acceptors (Lipinski definition) is 3. The molecule has 0 bridgehead atoms. The molecule has 1 aromatic heterocycles. The van der Waals surface area contributed by atoms with Crippen molar-refractivity contribution in [1.29, 1.82) is 0 Å². The highest BCUT2D eigenvalue weighted by Gasteiger charge is 2.13. The maximum atomic E-state index is 11.9. The molecule has 1 atom stereocenters. The van der Waals surface area contributed by atoms with E-state index in [1.54, 1.807) is 11.3 Å². The Morgan fingerprint density at radius 2 is 2.25 bits per heavy atom. The molecule has 4 heteroatoms. The molecule has 0 aromatic carbocycles. The van der Waals surface area contributed by atoms with Crippen LogP contribution in [0.1, 0.15) is 39.9 Å². The summed E-state index contributed by atoms with van der Waals surface area (Å²) >= 11 is 1.64. The molecular formula is C12H19NO2S. The molecule has 0 aliphatic rings. The maximum absolute atomic E-state index is 11.9. The van der Waals surface area contributed by atoms with E-state index >= 15 is 0 Å². The third kappa shape index (κ3) is 3.61. The summed E-state index contributed by atoms with van der Waals surface area (Å²) in [6.07, 6.45) is 1.54. The highest BCUT2D eigenvalue weighted by atomic mass is 32.1. The van der Waals surface area contributed by atoms with E-state index < -0.39 is 0 Å². The smallest absolute Gasteiger partial charge is 0.252 e. The Labute approximate surface area is 100 Å². The minimum Gasteiger partial charge on any atom is -0.396 e. The Morgan fingerprint density at radius 1 is 1.56 bits per heavy atom. The molecule has 0 saturated carbocycles. The van der Waals surface area contributed by atoms with E-state index in [2.05, 4.69) is 5.32 Å². The molecule has 1 heterocycles. The topological polar surface area (TPSA) is 49.3 Å². The number of carbonyl (C=O) groups is 1. The molecule has 0 spiro atoms. The zero-order chi connectivity index (χ0) is 12.1. The van der Waals surface area contributed by atoms with Crippen molar-refractivity contribution in [3.05, 3.63) is 21.4 Å². The van der Waals surface area contributed by atoms with Crippen molar-refractivity contribution in [2.45, 2.75) is 39.7 Å². The fourth-order valence-electron chi connectivity index (χ4n) is 1.63. The van der Waals surface area contributed by atoms with Gasteiger partial charge < -0.3 is 10.4 Å². The van der Waals surface area contributed by atoms with Crippen LogP contribution < -0.4 is 5.32 Å². The number of thiophene rings is 1. The van der Waals surface area contributed by atoms with Gasteiger partial charge >= 0.3 is 0 Å². The van der Waals surface area contributed by atoms with Crippen molar-refractivity contribution in [3.63, 3.8) is 0 Å². The summed E-state index contributed by atoms with van der Waals surface area (Å²) in [7, 11) is 0. The van der Waals surface area contributed by atoms with Crippen LogP contribution in [0.4, 0.5) is 0 Å². The first-order valence-corrected chi connectivity index (χ1v) is 6.35. The predicted octanol–water partition coefficient (Wildman–Crippen LogP) is 2.26. The molecular weight excluding hydrogens is 222 g/mol. The Hall–Kier alpha value is -0.870. The Bertz CT molecular complexity index is 360. The lowest BCUT2D eigenvalue weighted by molar-refractivity contribution is 0.0936. The fraction of sp³-hybridized carbons (Fsp3) is 0.583. The molecule has 0 aliphatic heterocycles. The average molecular weight is 241 g/mol. The van der Waals surface area contributed by atoms with Gasteiger partial charge in [0, 0.05) is 22.4 Å². The second kappa shape index (κ2) is 6.01. The predicted molar refractivity (Wildman–Crippen MR) is 67.0 cm³/mol. The fourth-order valence-corrected chi connectivity index (χ4v) is 2.55. The molecule has 1 amide bonds. The highest BCUT2D eigenvalue weighted by Crippen LogP contribution is 2.20. The number of rotatable bonds is 5. The van der Waals surface area contributed by atoms with E-state index in [1.807, 2.05) is 26.8 Å². The molecule has 16 heavy (non-hydrogen) atoms. The summed E-state index contributed by atoms with van der Waals surface area (Å²) in [4.78, 5) is 14.1. The van der Waals surface area contributed by atoms with E-state index in [0.717, 1.165) is 28.2 Å². The van der Waals surface area contributed by atoms with Gasteiger partial charge in [0.2, 0.25) is 0 Å². The van der Waals surface area contributed by atoms with E-state index in [-0.39, 0.29) is 18.6 Å². The first-order valence-electron chi connectivity index (χ1n) is 5.53. The van der Waals surface area contributed by atoms with Gasteiger partial charge in [-0.25, -0.2) is 0 Å². The van der Waals surface area contributed by atoms with Crippen LogP contribution >= 0.6 is 11.3 Å². The molecule has 0 radical (unpaired) electrons. The highest BCUT2D eigenvalue weighted by molar-refractivity contribution is 7.12. The van der Waals surface area contributed by atoms with Crippen molar-refractivity contribution >= 4 is 17.2 Å². The standard InChI is InChI=1S/C12H19NO2S/c1-8(5-4-6-14)13-12(15)11-7-9(2)16-10(11)3/h7-8,14H,4-6H2,1-3H3,(H,13,15). The van der Waals surface area contributed by atoms with Crippen LogP contribution in [0.3, 0.4) is 0 Å². The van der Waals surface area contributed by atoms with Crippen LogP contribution in [0.25, 0.3) is 0 Å². The van der Waals surface area contributed by atoms with Crippen LogP contribution in [-0.4, -0.2) is 23.7 Å². The lowest BCUT2D eigenvalue weighted by Gasteiger charge is -2.12. The van der Waals surface area contributed by atoms with E-state index in [0.29, 0.717) is 0 Å². The van der Waals surface area contributed by atoms with Gasteiger partial charge in [0.1, 0.15) is 0 Å².